The standard InChI is InChI=1S/C26H24N6S/c1-31(2)21-14-12-19(13-15-21)18-28-32-24(20-8-4-3-5-9-20)29-23-11-7-6-10-22(23)25(32)30-26-27-16-17-33-26/h3-18,25H,1-2H3,(H,27,30)/b28-18+. The zero-order valence-corrected chi connectivity index (χ0v) is 19.3. The van der Waals surface area contributed by atoms with Crippen LogP contribution < -0.4 is 10.2 Å². The highest BCUT2D eigenvalue weighted by molar-refractivity contribution is 7.13. The van der Waals surface area contributed by atoms with Crippen molar-refractivity contribution in [1.29, 1.82) is 0 Å². The molecule has 0 bridgehead atoms. The van der Waals surface area contributed by atoms with Crippen molar-refractivity contribution < 1.29 is 0 Å². The zero-order chi connectivity index (χ0) is 22.6. The lowest BCUT2D eigenvalue weighted by Crippen LogP contribution is -2.38. The average molecular weight is 453 g/mol. The molecular formula is C26H24N6S. The molecule has 5 rings (SSSR count). The first-order chi connectivity index (χ1) is 16.2. The molecule has 3 aromatic carbocycles. The largest absolute Gasteiger partial charge is 0.378 e. The summed E-state index contributed by atoms with van der Waals surface area (Å²) < 4.78 is 0. The van der Waals surface area contributed by atoms with E-state index in [0.29, 0.717) is 0 Å². The number of amidine groups is 1. The van der Waals surface area contributed by atoms with Gasteiger partial charge in [-0.3, -0.25) is 0 Å². The van der Waals surface area contributed by atoms with Gasteiger partial charge in [-0.15, -0.1) is 11.3 Å². The van der Waals surface area contributed by atoms with Crippen molar-refractivity contribution >= 4 is 39.9 Å². The van der Waals surface area contributed by atoms with E-state index in [2.05, 4.69) is 57.7 Å². The van der Waals surface area contributed by atoms with Crippen molar-refractivity contribution in [3.8, 4) is 0 Å². The zero-order valence-electron chi connectivity index (χ0n) is 18.5. The molecule has 2 heterocycles. The summed E-state index contributed by atoms with van der Waals surface area (Å²) in [6.45, 7) is 0. The molecule has 0 radical (unpaired) electrons. The summed E-state index contributed by atoms with van der Waals surface area (Å²) in [5, 5.41) is 13.2. The van der Waals surface area contributed by atoms with Crippen LogP contribution in [0.4, 0.5) is 16.5 Å². The smallest absolute Gasteiger partial charge is 0.184 e. The van der Waals surface area contributed by atoms with E-state index in [1.54, 1.807) is 17.5 Å². The van der Waals surface area contributed by atoms with Gasteiger partial charge < -0.3 is 10.2 Å². The molecule has 0 saturated carbocycles. The predicted octanol–water partition coefficient (Wildman–Crippen LogP) is 5.75. The van der Waals surface area contributed by atoms with E-state index in [-0.39, 0.29) is 6.17 Å². The number of nitrogens with one attached hydrogen (secondary N) is 1. The Balaban J connectivity index is 1.58. The molecule has 1 aliphatic rings. The van der Waals surface area contributed by atoms with Gasteiger partial charge in [-0.05, 0) is 23.8 Å². The van der Waals surface area contributed by atoms with Crippen LogP contribution in [0.5, 0.6) is 0 Å². The number of aromatic nitrogens is 1. The fraction of sp³-hybridized carbons (Fsp3) is 0.115. The second kappa shape index (κ2) is 9.26. The molecule has 33 heavy (non-hydrogen) atoms. The molecule has 0 spiro atoms. The molecular weight excluding hydrogens is 428 g/mol. The van der Waals surface area contributed by atoms with Crippen LogP contribution in [-0.2, 0) is 0 Å². The van der Waals surface area contributed by atoms with E-state index in [9.17, 15) is 0 Å². The van der Waals surface area contributed by atoms with Crippen molar-refractivity contribution in [2.45, 2.75) is 6.17 Å². The van der Waals surface area contributed by atoms with Crippen LogP contribution in [0.15, 0.2) is 101 Å². The number of fused-ring (bicyclic) bond motifs is 1. The first-order valence-corrected chi connectivity index (χ1v) is 11.6. The van der Waals surface area contributed by atoms with Crippen LogP contribution >= 0.6 is 11.3 Å². The molecule has 0 saturated heterocycles. The maximum atomic E-state index is 4.99. The molecule has 6 nitrogen and oxygen atoms in total. The molecule has 1 aromatic heterocycles. The van der Waals surface area contributed by atoms with E-state index < -0.39 is 0 Å². The number of rotatable bonds is 6. The molecule has 1 N–H and O–H groups in total. The van der Waals surface area contributed by atoms with Gasteiger partial charge in [-0.2, -0.15) is 5.10 Å². The Morgan fingerprint density at radius 2 is 1.73 bits per heavy atom. The topological polar surface area (TPSA) is 56.1 Å². The van der Waals surface area contributed by atoms with Crippen molar-refractivity contribution in [2.24, 2.45) is 10.1 Å². The third-order valence-electron chi connectivity index (χ3n) is 5.38. The first-order valence-electron chi connectivity index (χ1n) is 10.7. The molecule has 4 aromatic rings. The Labute approximate surface area is 197 Å². The number of aliphatic imine (C=N–C) groups is 1. The quantitative estimate of drug-likeness (QED) is 0.379. The fourth-order valence-electron chi connectivity index (χ4n) is 3.68. The Bertz CT molecular complexity index is 1260. The minimum atomic E-state index is -0.252. The van der Waals surface area contributed by atoms with Gasteiger partial charge in [0.25, 0.3) is 0 Å². The number of anilines is 2. The average Bonchev–Trinajstić information content (AvgIpc) is 3.37. The third-order valence-corrected chi connectivity index (χ3v) is 6.09. The van der Waals surface area contributed by atoms with Crippen molar-refractivity contribution in [2.75, 3.05) is 24.3 Å². The van der Waals surface area contributed by atoms with Gasteiger partial charge in [0.2, 0.25) is 0 Å². The Hall–Kier alpha value is -3.97. The number of thiazole rings is 1. The SMILES string of the molecule is CN(C)c1ccc(/C=N/N2C(c3ccccc3)=Nc3ccccc3C2Nc2nccs2)cc1. The summed E-state index contributed by atoms with van der Waals surface area (Å²) in [5.41, 5.74) is 5.13. The molecule has 0 amide bonds. The summed E-state index contributed by atoms with van der Waals surface area (Å²) >= 11 is 1.56. The van der Waals surface area contributed by atoms with Gasteiger partial charge in [0.15, 0.2) is 17.1 Å². The first kappa shape index (κ1) is 20.9. The second-order valence-corrected chi connectivity index (χ2v) is 8.71. The summed E-state index contributed by atoms with van der Waals surface area (Å²) in [6.07, 6.45) is 3.42. The van der Waals surface area contributed by atoms with Crippen LogP contribution in [-0.4, -0.2) is 36.1 Å². The predicted molar refractivity (Wildman–Crippen MR) is 138 cm³/mol. The summed E-state index contributed by atoms with van der Waals surface area (Å²) in [4.78, 5) is 11.5. The maximum absolute atomic E-state index is 4.99. The van der Waals surface area contributed by atoms with E-state index in [4.69, 9.17) is 10.1 Å². The lowest BCUT2D eigenvalue weighted by Gasteiger charge is -2.35. The van der Waals surface area contributed by atoms with Gasteiger partial charge in [0.1, 0.15) is 0 Å². The second-order valence-electron chi connectivity index (χ2n) is 7.82. The highest BCUT2D eigenvalue weighted by Crippen LogP contribution is 2.37. The lowest BCUT2D eigenvalue weighted by atomic mass is 10.1. The minimum absolute atomic E-state index is 0.252. The number of hydrogen-bond acceptors (Lipinski definition) is 7. The van der Waals surface area contributed by atoms with Crippen LogP contribution in [0.1, 0.15) is 22.9 Å². The lowest BCUT2D eigenvalue weighted by molar-refractivity contribution is 0.360. The van der Waals surface area contributed by atoms with Crippen LogP contribution in [0.3, 0.4) is 0 Å². The van der Waals surface area contributed by atoms with Gasteiger partial charge in [0.05, 0.1) is 11.9 Å². The number of para-hydroxylation sites is 1. The highest BCUT2D eigenvalue weighted by Gasteiger charge is 2.31. The van der Waals surface area contributed by atoms with Gasteiger partial charge in [0, 0.05) is 42.5 Å². The highest BCUT2D eigenvalue weighted by atomic mass is 32.1. The van der Waals surface area contributed by atoms with E-state index in [1.165, 1.54) is 0 Å². The van der Waals surface area contributed by atoms with E-state index in [0.717, 1.165) is 39.0 Å². The van der Waals surface area contributed by atoms with Crippen LogP contribution in [0, 0.1) is 0 Å². The van der Waals surface area contributed by atoms with E-state index in [1.807, 2.05) is 67.1 Å². The van der Waals surface area contributed by atoms with Gasteiger partial charge >= 0.3 is 0 Å². The molecule has 164 valence electrons. The minimum Gasteiger partial charge on any atom is -0.378 e. The Morgan fingerprint density at radius 1 is 0.970 bits per heavy atom. The van der Waals surface area contributed by atoms with Crippen LogP contribution in [0.2, 0.25) is 0 Å². The van der Waals surface area contributed by atoms with Crippen molar-refractivity contribution in [1.82, 2.24) is 9.99 Å². The number of hydrazone groups is 1. The Kier molecular flexibility index (Phi) is 5.87. The summed E-state index contributed by atoms with van der Waals surface area (Å²) in [6, 6.07) is 26.6. The van der Waals surface area contributed by atoms with Gasteiger partial charge in [-0.1, -0.05) is 60.7 Å². The maximum Gasteiger partial charge on any atom is 0.184 e. The monoisotopic (exact) mass is 452 g/mol. The van der Waals surface area contributed by atoms with Crippen LogP contribution in [0.25, 0.3) is 0 Å². The number of benzene rings is 3. The number of hydrogen-bond donors (Lipinski definition) is 1. The molecule has 1 unspecified atom stereocenters. The third kappa shape index (κ3) is 4.49. The summed E-state index contributed by atoms with van der Waals surface area (Å²) in [7, 11) is 4.07. The normalized spacial score (nSPS) is 15.3. The summed E-state index contributed by atoms with van der Waals surface area (Å²) in [5.74, 6) is 0.782. The molecule has 0 aliphatic carbocycles. The molecule has 7 heteroatoms. The van der Waals surface area contributed by atoms with Crippen molar-refractivity contribution in [3.05, 3.63) is 107 Å². The molecule has 1 atom stereocenters. The fourth-order valence-corrected chi connectivity index (χ4v) is 4.24. The number of nitrogens with zero attached hydrogens (tertiary/aromatic N) is 5. The molecule has 1 aliphatic heterocycles. The van der Waals surface area contributed by atoms with E-state index >= 15 is 0 Å². The Morgan fingerprint density at radius 3 is 2.45 bits per heavy atom. The van der Waals surface area contributed by atoms with Crippen molar-refractivity contribution in [3.63, 3.8) is 0 Å². The van der Waals surface area contributed by atoms with Gasteiger partial charge in [-0.25, -0.2) is 15.0 Å². The molecule has 0 fully saturated rings.